The Labute approximate surface area is 424 Å². The van der Waals surface area contributed by atoms with Crippen molar-refractivity contribution in [3.05, 3.63) is 174 Å². The first kappa shape index (κ1) is 56.4. The van der Waals surface area contributed by atoms with Crippen LogP contribution in [0.2, 0.25) is 0 Å². The van der Waals surface area contributed by atoms with Gasteiger partial charge in [0, 0.05) is 0 Å². The van der Waals surface area contributed by atoms with Crippen LogP contribution in [0.1, 0.15) is 117 Å². The summed E-state index contributed by atoms with van der Waals surface area (Å²) in [6.45, 7) is 33.4. The van der Waals surface area contributed by atoms with E-state index in [1.54, 1.807) is 0 Å². The van der Waals surface area contributed by atoms with Crippen LogP contribution in [0, 0.1) is 83.1 Å². The second-order valence-electron chi connectivity index (χ2n) is 16.7. The molecule has 0 atom stereocenters. The number of halogens is 4. The summed E-state index contributed by atoms with van der Waals surface area (Å²) in [5.74, 6) is 0. The van der Waals surface area contributed by atoms with E-state index in [9.17, 15) is 0 Å². The average Bonchev–Trinajstić information content (AvgIpc) is 3.23. The molecular weight excluding hydrogens is 986 g/mol. The van der Waals surface area contributed by atoms with E-state index in [1.165, 1.54) is 55.6 Å². The fourth-order valence-electron chi connectivity index (χ4n) is 7.64. The van der Waals surface area contributed by atoms with Crippen molar-refractivity contribution < 1.29 is 26.3 Å². The Bertz CT molecular complexity index is 2510. The van der Waals surface area contributed by atoms with Gasteiger partial charge in [-0.1, -0.05) is 71.8 Å². The van der Waals surface area contributed by atoms with Gasteiger partial charge >= 0.3 is 66.7 Å². The third kappa shape index (κ3) is 16.7. The molecule has 0 aliphatic rings. The molecule has 0 spiro atoms. The predicted molar refractivity (Wildman–Crippen MR) is 282 cm³/mol. The van der Waals surface area contributed by atoms with Crippen molar-refractivity contribution >= 4 is 86.0 Å². The van der Waals surface area contributed by atoms with Crippen LogP contribution in [0.25, 0.3) is 0 Å². The second kappa shape index (κ2) is 27.2. The van der Waals surface area contributed by atoms with Crippen molar-refractivity contribution in [3.8, 4) is 0 Å². The van der Waals surface area contributed by atoms with Gasteiger partial charge in [0.2, 0.25) is 0 Å². The van der Waals surface area contributed by atoms with Crippen LogP contribution in [0.5, 0.6) is 0 Å². The molecule has 6 aromatic rings. The molecular formula is C54H62Cl4Fe2N6. The summed E-state index contributed by atoms with van der Waals surface area (Å²) in [6, 6.07) is 29.6. The summed E-state index contributed by atoms with van der Waals surface area (Å²) in [4.78, 5) is 29.5. The third-order valence-corrected chi connectivity index (χ3v) is 10.7. The number of hydrogen-bond donors (Lipinski definition) is 0. The van der Waals surface area contributed by atoms with Gasteiger partial charge in [0.15, 0.2) is 0 Å². The van der Waals surface area contributed by atoms with Crippen molar-refractivity contribution in [2.45, 2.75) is 111 Å². The SMILES string of the molecule is CC(=Nc1c(C)cc(C)cc1C)c1cc(C)cc(C(C)=Nc2c(C)cc(C)cc2C)n1.CC(=Nc1c(C)cccc1C)c1cc(C)cc(C(C)=Nc2c(C)cccc2C)n1.[Cl][Fe][Cl].[Cl][Fe][Cl]. The molecule has 352 valence electrons. The summed E-state index contributed by atoms with van der Waals surface area (Å²) in [5.41, 5.74) is 25.6. The molecule has 66 heavy (non-hydrogen) atoms. The molecule has 0 aliphatic carbocycles. The van der Waals surface area contributed by atoms with Gasteiger partial charge in [-0.05, 0) is 191 Å². The first-order valence-corrected chi connectivity index (χ1v) is 27.4. The molecule has 2 heterocycles. The maximum atomic E-state index is 4.95. The van der Waals surface area contributed by atoms with Crippen molar-refractivity contribution in [2.75, 3.05) is 0 Å². The number of para-hydroxylation sites is 2. The molecule has 6 rings (SSSR count). The topological polar surface area (TPSA) is 75.2 Å². The minimum absolute atomic E-state index is 0.194. The van der Waals surface area contributed by atoms with Crippen molar-refractivity contribution in [1.82, 2.24) is 9.97 Å². The Kier molecular flexibility index (Phi) is 23.2. The predicted octanol–water partition coefficient (Wildman–Crippen LogP) is 17.2. The first-order valence-electron chi connectivity index (χ1n) is 21.3. The van der Waals surface area contributed by atoms with Crippen LogP contribution < -0.4 is 0 Å². The normalized spacial score (nSPS) is 11.9. The van der Waals surface area contributed by atoms with Crippen molar-refractivity contribution in [2.24, 2.45) is 20.0 Å². The molecule has 0 radical (unpaired) electrons. The fraction of sp³-hybridized carbons (Fsp3) is 0.296. The van der Waals surface area contributed by atoms with Crippen molar-refractivity contribution in [3.63, 3.8) is 0 Å². The molecule has 6 nitrogen and oxygen atoms in total. The molecule has 0 N–H and O–H groups in total. The molecule has 2 aromatic heterocycles. The number of benzene rings is 4. The number of aliphatic imine (C=N–C) groups is 4. The van der Waals surface area contributed by atoms with Gasteiger partial charge in [0.25, 0.3) is 0 Å². The van der Waals surface area contributed by atoms with E-state index >= 15 is 0 Å². The monoisotopic (exact) mass is 1050 g/mol. The first-order chi connectivity index (χ1) is 31.1. The molecule has 4 aromatic carbocycles. The summed E-state index contributed by atoms with van der Waals surface area (Å²) < 4.78 is 0. The Hall–Kier alpha value is -3.94. The van der Waals surface area contributed by atoms with E-state index in [4.69, 9.17) is 70.3 Å². The van der Waals surface area contributed by atoms with E-state index in [0.717, 1.165) is 79.5 Å². The molecule has 0 bridgehead atoms. The molecule has 0 aliphatic heterocycles. The van der Waals surface area contributed by atoms with E-state index in [2.05, 4.69) is 168 Å². The molecule has 0 saturated carbocycles. The Morgan fingerprint density at radius 2 is 0.515 bits per heavy atom. The Balaban J connectivity index is 0.000000314. The molecule has 0 saturated heterocycles. The number of aryl methyl sites for hydroxylation is 12. The van der Waals surface area contributed by atoms with Gasteiger partial charge in [-0.15, -0.1) is 0 Å². The number of pyridine rings is 2. The molecule has 0 fully saturated rings. The maximum absolute atomic E-state index is 4.95. The second-order valence-corrected chi connectivity index (χ2v) is 20.3. The van der Waals surface area contributed by atoms with Gasteiger partial charge in [-0.3, -0.25) is 20.0 Å². The van der Waals surface area contributed by atoms with Gasteiger partial charge in [0.1, 0.15) is 0 Å². The Morgan fingerprint density at radius 1 is 0.333 bits per heavy atom. The van der Waals surface area contributed by atoms with Gasteiger partial charge < -0.3 is 0 Å². The minimum atomic E-state index is 0.194. The van der Waals surface area contributed by atoms with Crippen LogP contribution >= 0.6 is 40.4 Å². The average molecular weight is 1050 g/mol. The number of hydrogen-bond acceptors (Lipinski definition) is 6. The van der Waals surface area contributed by atoms with Crippen molar-refractivity contribution in [1.29, 1.82) is 0 Å². The zero-order chi connectivity index (χ0) is 49.4. The van der Waals surface area contributed by atoms with E-state index in [1.807, 2.05) is 27.7 Å². The van der Waals surface area contributed by atoms with Crippen LogP contribution in [-0.2, 0) is 26.3 Å². The van der Waals surface area contributed by atoms with E-state index < -0.39 is 0 Å². The Morgan fingerprint density at radius 3 is 0.727 bits per heavy atom. The van der Waals surface area contributed by atoms with Crippen LogP contribution in [0.3, 0.4) is 0 Å². The standard InChI is InChI=1S/C28H33N3.C26H29N3.4ClH.2Fe/c1-16-10-19(4)27(20(5)11-16)29-23(8)25-14-18(3)15-26(31-25)24(9)30-28-21(6)12-17(2)13-22(28)7;1-16-14-23(21(6)27-25-17(2)10-8-11-18(25)3)29-24(15-16)22(7)28-26-19(4)12-9-13-20(26)5;;;;;;/h10-15H,1-9H3;8-15H,1-7H3;4*1H;;/q;;;;;;2*+2/p-4. The van der Waals surface area contributed by atoms with E-state index in [0.29, 0.717) is 0 Å². The zero-order valence-electron chi connectivity index (χ0n) is 41.0. The molecule has 0 unspecified atom stereocenters. The summed E-state index contributed by atoms with van der Waals surface area (Å²) in [6.07, 6.45) is 0. The van der Waals surface area contributed by atoms with Crippen LogP contribution in [-0.4, -0.2) is 32.8 Å². The van der Waals surface area contributed by atoms with Crippen LogP contribution in [0.15, 0.2) is 105 Å². The van der Waals surface area contributed by atoms with E-state index in [-0.39, 0.29) is 26.3 Å². The van der Waals surface area contributed by atoms with Gasteiger partial charge in [0.05, 0.1) is 68.4 Å². The number of aromatic nitrogens is 2. The summed E-state index contributed by atoms with van der Waals surface area (Å²) >= 11 is 0.389. The molecule has 12 heteroatoms. The molecule has 0 amide bonds. The number of nitrogens with zero attached hydrogens (tertiary/aromatic N) is 6. The van der Waals surface area contributed by atoms with Gasteiger partial charge in [-0.25, -0.2) is 9.97 Å². The van der Waals surface area contributed by atoms with Crippen LogP contribution in [0.4, 0.5) is 22.7 Å². The fourth-order valence-corrected chi connectivity index (χ4v) is 7.64. The summed E-state index contributed by atoms with van der Waals surface area (Å²) in [7, 11) is 19.1. The third-order valence-electron chi connectivity index (χ3n) is 10.7. The zero-order valence-corrected chi connectivity index (χ0v) is 46.2. The number of rotatable bonds is 8. The van der Waals surface area contributed by atoms with Gasteiger partial charge in [-0.2, -0.15) is 0 Å². The quantitative estimate of drug-likeness (QED) is 0.112. The summed E-state index contributed by atoms with van der Waals surface area (Å²) in [5, 5.41) is 0.